The predicted octanol–water partition coefficient (Wildman–Crippen LogP) is 2.62. The van der Waals surface area contributed by atoms with Crippen LogP contribution in [0.2, 0.25) is 0 Å². The van der Waals surface area contributed by atoms with E-state index < -0.39 is 5.54 Å². The van der Waals surface area contributed by atoms with Crippen molar-refractivity contribution in [1.82, 2.24) is 15.0 Å². The maximum absolute atomic E-state index is 11.8. The van der Waals surface area contributed by atoms with Crippen molar-refractivity contribution in [3.8, 4) is 11.5 Å². The zero-order valence-electron chi connectivity index (χ0n) is 13.4. The second-order valence-corrected chi connectivity index (χ2v) is 6.55. The molecule has 1 amide bonds. The van der Waals surface area contributed by atoms with Crippen molar-refractivity contribution in [2.45, 2.75) is 44.2 Å². The first-order chi connectivity index (χ1) is 11.1. The Bertz CT molecular complexity index is 742. The Morgan fingerprint density at radius 1 is 1.29 bits per heavy atom. The summed E-state index contributed by atoms with van der Waals surface area (Å²) in [5, 5.41) is 4.06. The molecule has 0 bridgehead atoms. The number of nitrogens with zero attached hydrogens (tertiary/aromatic N) is 3. The number of rotatable bonds is 4. The van der Waals surface area contributed by atoms with Gasteiger partial charge >= 0.3 is 0 Å². The molecule has 128 valence electrons. The van der Waals surface area contributed by atoms with Gasteiger partial charge in [0.15, 0.2) is 5.82 Å². The van der Waals surface area contributed by atoms with Gasteiger partial charge in [0.2, 0.25) is 5.91 Å². The molecular formula is C17H21ClN4O2. The Balaban J connectivity index is 0.00000169. The summed E-state index contributed by atoms with van der Waals surface area (Å²) in [4.78, 5) is 18.1. The smallest absolute Gasteiger partial charge is 0.258 e. The number of amides is 1. The van der Waals surface area contributed by atoms with Crippen LogP contribution in [0.25, 0.3) is 11.5 Å². The fourth-order valence-corrected chi connectivity index (χ4v) is 3.22. The quantitative estimate of drug-likeness (QED) is 0.917. The molecule has 0 spiro atoms. The number of nitrogens with two attached hydrogens (primary N) is 1. The van der Waals surface area contributed by atoms with Crippen LogP contribution in [0, 0.1) is 0 Å². The van der Waals surface area contributed by atoms with E-state index in [1.54, 1.807) is 0 Å². The molecule has 2 aromatic rings. The van der Waals surface area contributed by atoms with E-state index in [0.29, 0.717) is 24.7 Å². The van der Waals surface area contributed by atoms with Crippen LogP contribution in [0.4, 0.5) is 0 Å². The molecule has 1 saturated heterocycles. The van der Waals surface area contributed by atoms with E-state index in [1.807, 2.05) is 29.2 Å². The summed E-state index contributed by atoms with van der Waals surface area (Å²) < 4.78 is 5.40. The Kier molecular flexibility index (Phi) is 4.60. The molecule has 2 N–H and O–H groups in total. The van der Waals surface area contributed by atoms with E-state index >= 15 is 0 Å². The molecule has 0 unspecified atom stereocenters. The van der Waals surface area contributed by atoms with Crippen molar-refractivity contribution >= 4 is 18.3 Å². The predicted molar refractivity (Wildman–Crippen MR) is 91.3 cm³/mol. The van der Waals surface area contributed by atoms with Crippen LogP contribution in [0.3, 0.4) is 0 Å². The summed E-state index contributed by atoms with van der Waals surface area (Å²) >= 11 is 0. The summed E-state index contributed by atoms with van der Waals surface area (Å²) in [6.07, 6.45) is 4.53. The van der Waals surface area contributed by atoms with Gasteiger partial charge in [-0.1, -0.05) is 17.3 Å². The maximum Gasteiger partial charge on any atom is 0.258 e. The normalized spacial score (nSPS) is 19.0. The molecule has 0 atom stereocenters. The lowest BCUT2D eigenvalue weighted by atomic mass is 9.77. The third-order valence-corrected chi connectivity index (χ3v) is 4.84. The lowest BCUT2D eigenvalue weighted by Crippen LogP contribution is -2.44. The van der Waals surface area contributed by atoms with Gasteiger partial charge in [0.1, 0.15) is 0 Å². The summed E-state index contributed by atoms with van der Waals surface area (Å²) in [6, 6.07) is 7.92. The highest BCUT2D eigenvalue weighted by molar-refractivity contribution is 5.85. The molecule has 2 heterocycles. The average molecular weight is 349 g/mol. The van der Waals surface area contributed by atoms with Crippen molar-refractivity contribution in [3.05, 3.63) is 35.7 Å². The molecule has 0 radical (unpaired) electrons. The van der Waals surface area contributed by atoms with Gasteiger partial charge in [-0.25, -0.2) is 0 Å². The first-order valence-corrected chi connectivity index (χ1v) is 8.14. The SMILES string of the molecule is Cl.NC1(c2noc(-c3cccc(CN4CCCC4=O)c3)n2)CCC1. The van der Waals surface area contributed by atoms with Gasteiger partial charge in [-0.15, -0.1) is 12.4 Å². The van der Waals surface area contributed by atoms with Gasteiger partial charge < -0.3 is 15.2 Å². The Labute approximate surface area is 146 Å². The van der Waals surface area contributed by atoms with Crippen LogP contribution in [0.15, 0.2) is 28.8 Å². The molecule has 7 heteroatoms. The third-order valence-electron chi connectivity index (χ3n) is 4.84. The van der Waals surface area contributed by atoms with Crippen LogP contribution in [-0.4, -0.2) is 27.5 Å². The lowest BCUT2D eigenvalue weighted by molar-refractivity contribution is -0.128. The van der Waals surface area contributed by atoms with E-state index in [0.717, 1.165) is 43.4 Å². The number of carbonyl (C=O) groups excluding carboxylic acids is 1. The van der Waals surface area contributed by atoms with Gasteiger partial charge in [0.25, 0.3) is 5.89 Å². The fraction of sp³-hybridized carbons (Fsp3) is 0.471. The largest absolute Gasteiger partial charge is 0.338 e. The fourth-order valence-electron chi connectivity index (χ4n) is 3.22. The van der Waals surface area contributed by atoms with Gasteiger partial charge in [0, 0.05) is 25.1 Å². The van der Waals surface area contributed by atoms with Gasteiger partial charge in [-0.05, 0) is 43.4 Å². The molecule has 1 aromatic carbocycles. The topological polar surface area (TPSA) is 85.2 Å². The molecule has 1 aliphatic heterocycles. The second-order valence-electron chi connectivity index (χ2n) is 6.55. The highest BCUT2D eigenvalue weighted by atomic mass is 35.5. The number of carbonyl (C=O) groups is 1. The first-order valence-electron chi connectivity index (χ1n) is 8.14. The van der Waals surface area contributed by atoms with Crippen LogP contribution in [0.1, 0.15) is 43.5 Å². The monoisotopic (exact) mass is 348 g/mol. The second kappa shape index (κ2) is 6.53. The standard InChI is InChI=1S/C17H20N4O2.ClH/c18-17(7-3-8-17)16-19-15(23-20-16)13-5-1-4-12(10-13)11-21-9-2-6-14(21)22;/h1,4-5,10H,2-3,6-9,11,18H2;1H. The molecule has 1 aliphatic carbocycles. The molecule has 4 rings (SSSR count). The Morgan fingerprint density at radius 2 is 2.12 bits per heavy atom. The number of likely N-dealkylation sites (tertiary alicyclic amines) is 1. The lowest BCUT2D eigenvalue weighted by Gasteiger charge is -2.34. The Hall–Kier alpha value is -1.92. The van der Waals surface area contributed by atoms with E-state index in [2.05, 4.69) is 10.1 Å². The van der Waals surface area contributed by atoms with Gasteiger partial charge in [0.05, 0.1) is 5.54 Å². The minimum Gasteiger partial charge on any atom is -0.338 e. The van der Waals surface area contributed by atoms with Gasteiger partial charge in [-0.2, -0.15) is 4.98 Å². The van der Waals surface area contributed by atoms with Crippen molar-refractivity contribution in [2.75, 3.05) is 6.54 Å². The van der Waals surface area contributed by atoms with Crippen molar-refractivity contribution in [1.29, 1.82) is 0 Å². The van der Waals surface area contributed by atoms with Crippen molar-refractivity contribution < 1.29 is 9.32 Å². The molecule has 1 aromatic heterocycles. The number of hydrogen-bond donors (Lipinski definition) is 1. The van der Waals surface area contributed by atoms with Crippen LogP contribution < -0.4 is 5.73 Å². The van der Waals surface area contributed by atoms with Crippen LogP contribution in [0.5, 0.6) is 0 Å². The molecule has 6 nitrogen and oxygen atoms in total. The highest BCUT2D eigenvalue weighted by Crippen LogP contribution is 2.37. The number of halogens is 1. The van der Waals surface area contributed by atoms with E-state index in [-0.39, 0.29) is 18.3 Å². The average Bonchev–Trinajstić information content (AvgIpc) is 3.16. The maximum atomic E-state index is 11.8. The molecule has 2 aliphatic rings. The Morgan fingerprint density at radius 3 is 2.79 bits per heavy atom. The van der Waals surface area contributed by atoms with Crippen molar-refractivity contribution in [2.24, 2.45) is 5.73 Å². The van der Waals surface area contributed by atoms with E-state index in [1.165, 1.54) is 0 Å². The summed E-state index contributed by atoms with van der Waals surface area (Å²) in [6.45, 7) is 1.47. The highest BCUT2D eigenvalue weighted by Gasteiger charge is 2.39. The third kappa shape index (κ3) is 3.03. The summed E-state index contributed by atoms with van der Waals surface area (Å²) in [5.41, 5.74) is 7.77. The first kappa shape index (κ1) is 16.9. The number of aromatic nitrogens is 2. The summed E-state index contributed by atoms with van der Waals surface area (Å²) in [5.74, 6) is 1.32. The molecule has 2 fully saturated rings. The van der Waals surface area contributed by atoms with Crippen LogP contribution in [-0.2, 0) is 16.9 Å². The molecule has 1 saturated carbocycles. The van der Waals surface area contributed by atoms with E-state index in [9.17, 15) is 4.79 Å². The van der Waals surface area contributed by atoms with Crippen LogP contribution >= 0.6 is 12.4 Å². The number of benzene rings is 1. The zero-order valence-corrected chi connectivity index (χ0v) is 14.2. The number of hydrogen-bond acceptors (Lipinski definition) is 5. The zero-order chi connectivity index (χ0) is 15.9. The van der Waals surface area contributed by atoms with Crippen molar-refractivity contribution in [3.63, 3.8) is 0 Å². The minimum absolute atomic E-state index is 0. The molecule has 24 heavy (non-hydrogen) atoms. The summed E-state index contributed by atoms with van der Waals surface area (Å²) in [7, 11) is 0. The molecular weight excluding hydrogens is 328 g/mol. The minimum atomic E-state index is -0.415. The van der Waals surface area contributed by atoms with Gasteiger partial charge in [-0.3, -0.25) is 4.79 Å². The van der Waals surface area contributed by atoms with E-state index in [4.69, 9.17) is 10.3 Å².